The molecular formula is C22H35FIN3O3. The minimum Gasteiger partial charge on any atom is -0.494 e. The number of ether oxygens (including phenoxy) is 3. The zero-order valence-corrected chi connectivity index (χ0v) is 20.4. The SMILES string of the molecule is CCNC(=NCc1ccc(OC)c(F)c1)N1CCC(OCC2CCCCO2)CC1.I. The van der Waals surface area contributed by atoms with Gasteiger partial charge in [0.2, 0.25) is 0 Å². The van der Waals surface area contributed by atoms with E-state index in [1.807, 2.05) is 6.07 Å². The smallest absolute Gasteiger partial charge is 0.194 e. The normalized spacial score (nSPS) is 20.6. The van der Waals surface area contributed by atoms with Gasteiger partial charge < -0.3 is 24.4 Å². The van der Waals surface area contributed by atoms with Gasteiger partial charge in [-0.15, -0.1) is 24.0 Å². The van der Waals surface area contributed by atoms with Crippen LogP contribution in [0.15, 0.2) is 23.2 Å². The zero-order valence-electron chi connectivity index (χ0n) is 18.1. The summed E-state index contributed by atoms with van der Waals surface area (Å²) >= 11 is 0. The van der Waals surface area contributed by atoms with Crippen LogP contribution < -0.4 is 10.1 Å². The monoisotopic (exact) mass is 535 g/mol. The molecule has 0 amide bonds. The third-order valence-corrected chi connectivity index (χ3v) is 5.50. The molecular weight excluding hydrogens is 500 g/mol. The Balaban J connectivity index is 0.00000320. The summed E-state index contributed by atoms with van der Waals surface area (Å²) in [5, 5.41) is 3.35. The molecule has 0 radical (unpaired) electrons. The Morgan fingerprint density at radius 2 is 2.07 bits per heavy atom. The van der Waals surface area contributed by atoms with Crippen molar-refractivity contribution in [2.45, 2.75) is 57.8 Å². The van der Waals surface area contributed by atoms with E-state index in [1.165, 1.54) is 26.0 Å². The summed E-state index contributed by atoms with van der Waals surface area (Å²) in [6.07, 6.45) is 6.04. The maximum absolute atomic E-state index is 13.9. The standard InChI is InChI=1S/C22H34FN3O3.HI/c1-3-24-22(25-15-17-7-8-21(27-2)20(23)14-17)26-11-9-18(10-12-26)29-16-19-6-4-5-13-28-19;/h7-8,14,18-19H,3-6,9-13,15-16H2,1-2H3,(H,24,25);1H. The van der Waals surface area contributed by atoms with Crippen LogP contribution >= 0.6 is 24.0 Å². The Labute approximate surface area is 196 Å². The van der Waals surface area contributed by atoms with Gasteiger partial charge in [0.15, 0.2) is 17.5 Å². The third kappa shape index (κ3) is 7.53. The predicted molar refractivity (Wildman–Crippen MR) is 127 cm³/mol. The highest BCUT2D eigenvalue weighted by Crippen LogP contribution is 2.20. The first kappa shape index (κ1) is 25.1. The number of hydrogen-bond donors (Lipinski definition) is 1. The van der Waals surface area contributed by atoms with Crippen LogP contribution in [0.2, 0.25) is 0 Å². The van der Waals surface area contributed by atoms with Crippen molar-refractivity contribution >= 4 is 29.9 Å². The number of likely N-dealkylation sites (tertiary alicyclic amines) is 1. The Kier molecular flexibility index (Phi) is 11.2. The summed E-state index contributed by atoms with van der Waals surface area (Å²) in [5.41, 5.74) is 0.824. The maximum atomic E-state index is 13.9. The van der Waals surface area contributed by atoms with Gasteiger partial charge in [0, 0.05) is 26.2 Å². The van der Waals surface area contributed by atoms with Crippen molar-refractivity contribution in [3.63, 3.8) is 0 Å². The molecule has 8 heteroatoms. The van der Waals surface area contributed by atoms with Crippen molar-refractivity contribution in [2.75, 3.05) is 40.0 Å². The maximum Gasteiger partial charge on any atom is 0.194 e. The lowest BCUT2D eigenvalue weighted by atomic mass is 10.1. The zero-order chi connectivity index (χ0) is 20.5. The van der Waals surface area contributed by atoms with Crippen LogP contribution in [0.1, 0.15) is 44.6 Å². The van der Waals surface area contributed by atoms with E-state index in [9.17, 15) is 4.39 Å². The van der Waals surface area contributed by atoms with Gasteiger partial charge in [0.1, 0.15) is 0 Å². The molecule has 1 unspecified atom stereocenters. The van der Waals surface area contributed by atoms with Gasteiger partial charge in [-0.1, -0.05) is 6.07 Å². The van der Waals surface area contributed by atoms with Gasteiger partial charge in [0.25, 0.3) is 0 Å². The van der Waals surface area contributed by atoms with E-state index in [0.29, 0.717) is 13.2 Å². The van der Waals surface area contributed by atoms with Crippen LogP contribution in [0.25, 0.3) is 0 Å². The fraction of sp³-hybridized carbons (Fsp3) is 0.682. The number of rotatable bonds is 7. The molecule has 0 saturated carbocycles. The molecule has 6 nitrogen and oxygen atoms in total. The van der Waals surface area contributed by atoms with Gasteiger partial charge in [0.05, 0.1) is 32.5 Å². The first-order valence-corrected chi connectivity index (χ1v) is 10.8. The summed E-state index contributed by atoms with van der Waals surface area (Å²) in [6.45, 7) is 6.67. The molecule has 1 aromatic carbocycles. The predicted octanol–water partition coefficient (Wildman–Crippen LogP) is 3.97. The van der Waals surface area contributed by atoms with Gasteiger partial charge >= 0.3 is 0 Å². The van der Waals surface area contributed by atoms with Crippen molar-refractivity contribution in [3.8, 4) is 5.75 Å². The average molecular weight is 535 g/mol. The van der Waals surface area contributed by atoms with E-state index in [1.54, 1.807) is 6.07 Å². The molecule has 2 aliphatic rings. The molecule has 1 N–H and O–H groups in total. The fourth-order valence-electron chi connectivity index (χ4n) is 3.82. The van der Waals surface area contributed by atoms with Crippen LogP contribution in [0.4, 0.5) is 4.39 Å². The van der Waals surface area contributed by atoms with Crippen molar-refractivity contribution in [1.29, 1.82) is 0 Å². The summed E-state index contributed by atoms with van der Waals surface area (Å²) in [7, 11) is 1.47. The Bertz CT molecular complexity index is 663. The van der Waals surface area contributed by atoms with Crippen LogP contribution in [-0.4, -0.2) is 63.0 Å². The average Bonchev–Trinajstić information content (AvgIpc) is 2.76. The molecule has 2 heterocycles. The Morgan fingerprint density at radius 3 is 2.70 bits per heavy atom. The molecule has 2 fully saturated rings. The number of methoxy groups -OCH3 is 1. The van der Waals surface area contributed by atoms with E-state index in [-0.39, 0.29) is 47.8 Å². The van der Waals surface area contributed by atoms with E-state index in [2.05, 4.69) is 17.1 Å². The van der Waals surface area contributed by atoms with E-state index >= 15 is 0 Å². The Morgan fingerprint density at radius 1 is 1.27 bits per heavy atom. The lowest BCUT2D eigenvalue weighted by Crippen LogP contribution is -2.47. The highest BCUT2D eigenvalue weighted by Gasteiger charge is 2.23. The number of aliphatic imine (C=N–C) groups is 1. The summed E-state index contributed by atoms with van der Waals surface area (Å²) in [4.78, 5) is 6.98. The largest absolute Gasteiger partial charge is 0.494 e. The summed E-state index contributed by atoms with van der Waals surface area (Å²) in [6, 6.07) is 4.98. The number of nitrogens with zero attached hydrogens (tertiary/aromatic N) is 2. The fourth-order valence-corrected chi connectivity index (χ4v) is 3.82. The van der Waals surface area contributed by atoms with E-state index in [4.69, 9.17) is 19.2 Å². The van der Waals surface area contributed by atoms with Crippen LogP contribution in [0.3, 0.4) is 0 Å². The number of benzene rings is 1. The number of hydrogen-bond acceptors (Lipinski definition) is 4. The highest BCUT2D eigenvalue weighted by molar-refractivity contribution is 14.0. The molecule has 0 aromatic heterocycles. The number of halogens is 2. The molecule has 30 heavy (non-hydrogen) atoms. The molecule has 170 valence electrons. The van der Waals surface area contributed by atoms with Crippen molar-refractivity contribution in [3.05, 3.63) is 29.6 Å². The van der Waals surface area contributed by atoms with Crippen molar-refractivity contribution in [1.82, 2.24) is 10.2 Å². The third-order valence-electron chi connectivity index (χ3n) is 5.50. The lowest BCUT2D eigenvalue weighted by molar-refractivity contribution is -0.0721. The van der Waals surface area contributed by atoms with Crippen LogP contribution in [0.5, 0.6) is 5.75 Å². The van der Waals surface area contributed by atoms with Gasteiger partial charge in [-0.25, -0.2) is 9.38 Å². The topological polar surface area (TPSA) is 55.3 Å². The first-order valence-electron chi connectivity index (χ1n) is 10.8. The number of nitrogens with one attached hydrogen (secondary N) is 1. The number of guanidine groups is 1. The minimum absolute atomic E-state index is 0. The molecule has 0 spiro atoms. The molecule has 1 aromatic rings. The van der Waals surface area contributed by atoms with Crippen LogP contribution in [-0.2, 0) is 16.0 Å². The Hall–Kier alpha value is -1.13. The van der Waals surface area contributed by atoms with Crippen molar-refractivity contribution in [2.24, 2.45) is 4.99 Å². The highest BCUT2D eigenvalue weighted by atomic mass is 127. The van der Waals surface area contributed by atoms with Gasteiger partial charge in [-0.05, 0) is 56.7 Å². The molecule has 2 saturated heterocycles. The van der Waals surface area contributed by atoms with Crippen molar-refractivity contribution < 1.29 is 18.6 Å². The van der Waals surface area contributed by atoms with Crippen LogP contribution in [0, 0.1) is 5.82 Å². The second-order valence-corrected chi connectivity index (χ2v) is 7.65. The van der Waals surface area contributed by atoms with Gasteiger partial charge in [-0.3, -0.25) is 0 Å². The second-order valence-electron chi connectivity index (χ2n) is 7.65. The van der Waals surface area contributed by atoms with Gasteiger partial charge in [-0.2, -0.15) is 0 Å². The van der Waals surface area contributed by atoms with E-state index in [0.717, 1.165) is 57.0 Å². The minimum atomic E-state index is -0.356. The molecule has 2 aliphatic heterocycles. The lowest BCUT2D eigenvalue weighted by Gasteiger charge is -2.35. The molecule has 1 atom stereocenters. The second kappa shape index (κ2) is 13.3. The quantitative estimate of drug-likeness (QED) is 0.326. The molecule has 0 bridgehead atoms. The number of piperidine rings is 1. The summed E-state index contributed by atoms with van der Waals surface area (Å²) in [5.74, 6) is 0.772. The first-order chi connectivity index (χ1) is 14.2. The molecule has 3 rings (SSSR count). The summed E-state index contributed by atoms with van der Waals surface area (Å²) < 4.78 is 30.7. The van der Waals surface area contributed by atoms with E-state index < -0.39 is 0 Å². The molecule has 0 aliphatic carbocycles.